The van der Waals surface area contributed by atoms with Crippen LogP contribution in [0.2, 0.25) is 0 Å². The molecule has 0 heterocycles. The van der Waals surface area contributed by atoms with E-state index >= 15 is 0 Å². The normalized spacial score (nSPS) is 33.2. The monoisotopic (exact) mass is 316 g/mol. The summed E-state index contributed by atoms with van der Waals surface area (Å²) in [4.78, 5) is 0. The molecule has 2 aromatic carbocycles. The van der Waals surface area contributed by atoms with Gasteiger partial charge >= 0.3 is 0 Å². The van der Waals surface area contributed by atoms with E-state index in [4.69, 9.17) is 0 Å². The lowest BCUT2D eigenvalue weighted by Crippen LogP contribution is -2.10. The molecule has 0 spiro atoms. The van der Waals surface area contributed by atoms with Gasteiger partial charge in [-0.2, -0.15) is 0 Å². The Balaban J connectivity index is 1.78. The lowest BCUT2D eigenvalue weighted by Gasteiger charge is -2.12. The van der Waals surface area contributed by atoms with Crippen LogP contribution in [0.3, 0.4) is 0 Å². The molecule has 4 rings (SSSR count). The summed E-state index contributed by atoms with van der Waals surface area (Å²) in [5.41, 5.74) is 0.594. The number of fused-ring (bicyclic) bond motifs is 2. The second-order valence-electron chi connectivity index (χ2n) is 6.03. The lowest BCUT2D eigenvalue weighted by atomic mass is 9.99. The third-order valence-corrected chi connectivity index (χ3v) is 5.55. The zero-order valence-electron chi connectivity index (χ0n) is 10.8. The molecule has 0 amide bonds. The van der Waals surface area contributed by atoms with E-state index in [9.17, 15) is 5.11 Å². The summed E-state index contributed by atoms with van der Waals surface area (Å²) in [6, 6.07) is 12.8. The van der Waals surface area contributed by atoms with E-state index in [2.05, 4.69) is 52.3 Å². The minimum atomic E-state index is -0.530. The zero-order valence-corrected chi connectivity index (χ0v) is 12.4. The van der Waals surface area contributed by atoms with Crippen LogP contribution < -0.4 is 0 Å². The first-order valence-corrected chi connectivity index (χ1v) is 7.91. The minimum Gasteiger partial charge on any atom is -0.385 e. The molecule has 1 N–H and O–H groups in total. The summed E-state index contributed by atoms with van der Waals surface area (Å²) in [6.07, 6.45) is 4.95. The van der Waals surface area contributed by atoms with Crippen LogP contribution >= 0.6 is 15.9 Å². The van der Waals surface area contributed by atoms with E-state index in [-0.39, 0.29) is 0 Å². The SMILES string of the molecule is OC1(c2ccc3cc(Br)ccc3c2)C2CCCCC21. The van der Waals surface area contributed by atoms with Gasteiger partial charge in [0.25, 0.3) is 0 Å². The molecule has 2 aliphatic rings. The molecule has 2 aliphatic carbocycles. The van der Waals surface area contributed by atoms with Gasteiger partial charge in [0.1, 0.15) is 0 Å². The Kier molecular flexibility index (Phi) is 2.55. The largest absolute Gasteiger partial charge is 0.385 e. The van der Waals surface area contributed by atoms with Gasteiger partial charge < -0.3 is 5.11 Å². The summed E-state index contributed by atoms with van der Waals surface area (Å²) in [6.45, 7) is 0. The number of halogens is 1. The van der Waals surface area contributed by atoms with Crippen LogP contribution in [0.1, 0.15) is 31.2 Å². The van der Waals surface area contributed by atoms with Crippen LogP contribution in [0.5, 0.6) is 0 Å². The molecule has 0 aromatic heterocycles. The molecule has 2 aromatic rings. The molecule has 98 valence electrons. The first-order valence-electron chi connectivity index (χ1n) is 7.12. The number of hydrogen-bond acceptors (Lipinski definition) is 1. The Morgan fingerprint density at radius 3 is 2.32 bits per heavy atom. The summed E-state index contributed by atoms with van der Waals surface area (Å²) >= 11 is 3.50. The van der Waals surface area contributed by atoms with Crippen LogP contribution in [-0.2, 0) is 5.60 Å². The maximum Gasteiger partial charge on any atom is 0.0960 e. The second kappa shape index (κ2) is 4.07. The highest BCUT2D eigenvalue weighted by Gasteiger charge is 2.64. The average molecular weight is 317 g/mol. The van der Waals surface area contributed by atoms with Crippen LogP contribution in [0, 0.1) is 11.8 Å². The first-order chi connectivity index (χ1) is 9.19. The molecular weight excluding hydrogens is 300 g/mol. The molecular formula is C17H17BrO. The fourth-order valence-electron chi connectivity index (χ4n) is 3.99. The van der Waals surface area contributed by atoms with Crippen molar-refractivity contribution in [3.05, 3.63) is 46.4 Å². The molecule has 0 radical (unpaired) electrons. The van der Waals surface area contributed by atoms with Crippen LogP contribution in [0.15, 0.2) is 40.9 Å². The van der Waals surface area contributed by atoms with Crippen molar-refractivity contribution in [1.29, 1.82) is 0 Å². The highest BCUT2D eigenvalue weighted by atomic mass is 79.9. The van der Waals surface area contributed by atoms with Crippen molar-refractivity contribution in [1.82, 2.24) is 0 Å². The van der Waals surface area contributed by atoms with Gasteiger partial charge in [-0.05, 0) is 59.2 Å². The van der Waals surface area contributed by atoms with Crippen LogP contribution in [0.25, 0.3) is 10.8 Å². The van der Waals surface area contributed by atoms with E-state index < -0.39 is 5.60 Å². The van der Waals surface area contributed by atoms with Crippen molar-refractivity contribution in [3.8, 4) is 0 Å². The van der Waals surface area contributed by atoms with Crippen molar-refractivity contribution in [2.75, 3.05) is 0 Å². The number of rotatable bonds is 1. The van der Waals surface area contributed by atoms with Gasteiger partial charge in [-0.25, -0.2) is 0 Å². The van der Waals surface area contributed by atoms with E-state index in [0.717, 1.165) is 10.0 Å². The lowest BCUT2D eigenvalue weighted by molar-refractivity contribution is 0.118. The second-order valence-corrected chi connectivity index (χ2v) is 6.94. The Labute approximate surface area is 121 Å². The molecule has 2 unspecified atom stereocenters. The number of aliphatic hydroxyl groups is 1. The predicted molar refractivity (Wildman–Crippen MR) is 81.0 cm³/mol. The number of hydrogen-bond donors (Lipinski definition) is 1. The number of benzene rings is 2. The molecule has 2 saturated carbocycles. The van der Waals surface area contributed by atoms with Gasteiger partial charge in [-0.15, -0.1) is 0 Å². The van der Waals surface area contributed by atoms with Gasteiger partial charge in [0.05, 0.1) is 5.60 Å². The Morgan fingerprint density at radius 1 is 0.947 bits per heavy atom. The van der Waals surface area contributed by atoms with Gasteiger partial charge in [-0.3, -0.25) is 0 Å². The molecule has 19 heavy (non-hydrogen) atoms. The van der Waals surface area contributed by atoms with Crippen molar-refractivity contribution < 1.29 is 5.11 Å². The summed E-state index contributed by atoms with van der Waals surface area (Å²) in [5, 5.41) is 13.4. The molecule has 1 nitrogen and oxygen atoms in total. The summed E-state index contributed by atoms with van der Waals surface area (Å²) in [7, 11) is 0. The van der Waals surface area contributed by atoms with Crippen molar-refractivity contribution in [2.24, 2.45) is 11.8 Å². The topological polar surface area (TPSA) is 20.2 Å². The summed E-state index contributed by atoms with van der Waals surface area (Å²) < 4.78 is 1.10. The van der Waals surface area contributed by atoms with Crippen molar-refractivity contribution in [2.45, 2.75) is 31.3 Å². The minimum absolute atomic E-state index is 0.508. The van der Waals surface area contributed by atoms with E-state index in [1.807, 2.05) is 0 Å². The van der Waals surface area contributed by atoms with Gasteiger partial charge in [0, 0.05) is 4.47 Å². The van der Waals surface area contributed by atoms with Crippen molar-refractivity contribution in [3.63, 3.8) is 0 Å². The fraction of sp³-hybridized carbons (Fsp3) is 0.412. The van der Waals surface area contributed by atoms with E-state index in [1.165, 1.54) is 36.5 Å². The maximum absolute atomic E-state index is 11.0. The molecule has 2 fully saturated rings. The average Bonchev–Trinajstić information content (AvgIpc) is 3.06. The van der Waals surface area contributed by atoms with Crippen molar-refractivity contribution >= 4 is 26.7 Å². The quantitative estimate of drug-likeness (QED) is 0.814. The van der Waals surface area contributed by atoms with Gasteiger partial charge in [-0.1, -0.05) is 47.0 Å². The highest BCUT2D eigenvalue weighted by Crippen LogP contribution is 2.64. The Morgan fingerprint density at radius 2 is 1.58 bits per heavy atom. The molecule has 0 saturated heterocycles. The predicted octanol–water partition coefficient (Wildman–Crippen LogP) is 4.61. The standard InChI is InChI=1S/C17H17BrO/c18-14-8-6-11-9-13(7-5-12(11)10-14)17(19)15-3-1-2-4-16(15)17/h5-10,15-16,19H,1-4H2. The summed E-state index contributed by atoms with van der Waals surface area (Å²) in [5.74, 6) is 1.02. The molecule has 0 aliphatic heterocycles. The van der Waals surface area contributed by atoms with Crippen LogP contribution in [-0.4, -0.2) is 5.11 Å². The van der Waals surface area contributed by atoms with Gasteiger partial charge in [0.2, 0.25) is 0 Å². The maximum atomic E-state index is 11.0. The fourth-order valence-corrected chi connectivity index (χ4v) is 4.37. The molecule has 0 bridgehead atoms. The molecule has 2 atom stereocenters. The highest BCUT2D eigenvalue weighted by molar-refractivity contribution is 9.10. The van der Waals surface area contributed by atoms with E-state index in [1.54, 1.807) is 0 Å². The third-order valence-electron chi connectivity index (χ3n) is 5.05. The Bertz CT molecular complexity index is 637. The Hall–Kier alpha value is -0.860. The van der Waals surface area contributed by atoms with Crippen LogP contribution in [0.4, 0.5) is 0 Å². The first kappa shape index (κ1) is 11.9. The zero-order chi connectivity index (χ0) is 13.0. The third kappa shape index (κ3) is 1.70. The van der Waals surface area contributed by atoms with Gasteiger partial charge in [0.15, 0.2) is 0 Å². The molecule has 2 heteroatoms. The van der Waals surface area contributed by atoms with E-state index in [0.29, 0.717) is 11.8 Å². The smallest absolute Gasteiger partial charge is 0.0960 e.